The Hall–Kier alpha value is -2.23. The molecule has 1 saturated heterocycles. The van der Waals surface area contributed by atoms with Crippen LogP contribution in [0.25, 0.3) is 0 Å². The van der Waals surface area contributed by atoms with E-state index in [2.05, 4.69) is 15.6 Å². The van der Waals surface area contributed by atoms with E-state index in [0.29, 0.717) is 18.8 Å². The van der Waals surface area contributed by atoms with Gasteiger partial charge in [0, 0.05) is 25.1 Å². The second-order valence-electron chi connectivity index (χ2n) is 5.00. The molecule has 1 aromatic heterocycles. The monoisotopic (exact) mass is 328 g/mol. The van der Waals surface area contributed by atoms with Crippen molar-refractivity contribution in [2.45, 2.75) is 18.9 Å². The first kappa shape index (κ1) is 16.1. The molecule has 120 valence electrons. The molecule has 0 saturated carbocycles. The van der Waals surface area contributed by atoms with Crippen LogP contribution in [0.2, 0.25) is 0 Å². The van der Waals surface area contributed by atoms with Gasteiger partial charge in [-0.3, -0.25) is 14.9 Å². The standard InChI is InChI=1S/C12H16N4O5S/c17-12(15-9-4-6-22(20,21)8-9)3-5-13-11-2-1-10(7-14-11)16(18)19/h1-2,7,9H,3-6,8H2,(H,13,14)(H,15,17). The van der Waals surface area contributed by atoms with Gasteiger partial charge < -0.3 is 10.6 Å². The Bertz CT molecular complexity index is 659. The van der Waals surface area contributed by atoms with Gasteiger partial charge in [0.05, 0.1) is 16.4 Å². The van der Waals surface area contributed by atoms with Crippen molar-refractivity contribution in [2.75, 3.05) is 23.4 Å². The summed E-state index contributed by atoms with van der Waals surface area (Å²) in [5.74, 6) is 0.303. The molecule has 0 radical (unpaired) electrons. The minimum absolute atomic E-state index is 0.00389. The number of rotatable bonds is 6. The SMILES string of the molecule is O=C(CCNc1ccc([N+](=O)[O-])cn1)NC1CCS(=O)(=O)C1. The summed E-state index contributed by atoms with van der Waals surface area (Å²) in [6.45, 7) is 0.302. The van der Waals surface area contributed by atoms with Crippen molar-refractivity contribution in [3.63, 3.8) is 0 Å². The van der Waals surface area contributed by atoms with Crippen molar-refractivity contribution in [1.82, 2.24) is 10.3 Å². The first-order valence-electron chi connectivity index (χ1n) is 6.70. The van der Waals surface area contributed by atoms with Crippen LogP contribution in [0.1, 0.15) is 12.8 Å². The van der Waals surface area contributed by atoms with Crippen LogP contribution in [0.3, 0.4) is 0 Å². The van der Waals surface area contributed by atoms with Crippen LogP contribution in [0.15, 0.2) is 18.3 Å². The van der Waals surface area contributed by atoms with Gasteiger partial charge in [0.1, 0.15) is 12.0 Å². The smallest absolute Gasteiger partial charge is 0.287 e. The summed E-state index contributed by atoms with van der Waals surface area (Å²) in [5, 5.41) is 16.0. The lowest BCUT2D eigenvalue weighted by Crippen LogP contribution is -2.36. The van der Waals surface area contributed by atoms with E-state index in [4.69, 9.17) is 0 Å². The Balaban J connectivity index is 1.72. The Morgan fingerprint density at radius 3 is 2.77 bits per heavy atom. The molecule has 2 heterocycles. The molecule has 1 aliphatic rings. The first-order valence-corrected chi connectivity index (χ1v) is 8.52. The zero-order valence-corrected chi connectivity index (χ0v) is 12.5. The van der Waals surface area contributed by atoms with E-state index in [-0.39, 0.29) is 35.6 Å². The Morgan fingerprint density at radius 2 is 2.23 bits per heavy atom. The lowest BCUT2D eigenvalue weighted by atomic mass is 10.2. The van der Waals surface area contributed by atoms with Gasteiger partial charge in [-0.25, -0.2) is 13.4 Å². The first-order chi connectivity index (χ1) is 10.4. The van der Waals surface area contributed by atoms with Crippen LogP contribution in [0.4, 0.5) is 11.5 Å². The number of aromatic nitrogens is 1. The molecule has 22 heavy (non-hydrogen) atoms. The fourth-order valence-corrected chi connectivity index (χ4v) is 3.78. The van der Waals surface area contributed by atoms with E-state index in [0.717, 1.165) is 6.20 Å². The summed E-state index contributed by atoms with van der Waals surface area (Å²) in [4.78, 5) is 25.5. The van der Waals surface area contributed by atoms with E-state index in [1.165, 1.54) is 12.1 Å². The zero-order chi connectivity index (χ0) is 16.2. The lowest BCUT2D eigenvalue weighted by molar-refractivity contribution is -0.385. The quantitative estimate of drug-likeness (QED) is 0.559. The maximum atomic E-state index is 11.7. The van der Waals surface area contributed by atoms with Gasteiger partial charge in [-0.05, 0) is 12.5 Å². The molecule has 1 aromatic rings. The number of pyridine rings is 1. The number of nitrogens with one attached hydrogen (secondary N) is 2. The van der Waals surface area contributed by atoms with E-state index in [1.807, 2.05) is 0 Å². The highest BCUT2D eigenvalue weighted by molar-refractivity contribution is 7.91. The van der Waals surface area contributed by atoms with Crippen molar-refractivity contribution in [3.05, 3.63) is 28.4 Å². The van der Waals surface area contributed by atoms with Crippen molar-refractivity contribution in [2.24, 2.45) is 0 Å². The van der Waals surface area contributed by atoms with Crippen LogP contribution < -0.4 is 10.6 Å². The molecule has 1 fully saturated rings. The molecular formula is C12H16N4O5S. The number of sulfone groups is 1. The number of carbonyl (C=O) groups excluding carboxylic acids is 1. The van der Waals surface area contributed by atoms with Crippen molar-refractivity contribution >= 4 is 27.2 Å². The van der Waals surface area contributed by atoms with Crippen LogP contribution in [-0.4, -0.2) is 48.3 Å². The van der Waals surface area contributed by atoms with Crippen LogP contribution >= 0.6 is 0 Å². The Labute approximate surface area is 127 Å². The number of anilines is 1. The van der Waals surface area contributed by atoms with E-state index >= 15 is 0 Å². The van der Waals surface area contributed by atoms with Gasteiger partial charge in [-0.1, -0.05) is 0 Å². The van der Waals surface area contributed by atoms with E-state index in [9.17, 15) is 23.3 Å². The molecule has 1 unspecified atom stereocenters. The second-order valence-corrected chi connectivity index (χ2v) is 7.23. The largest absolute Gasteiger partial charge is 0.370 e. The minimum atomic E-state index is -3.01. The second kappa shape index (κ2) is 6.69. The molecule has 0 spiro atoms. The Kier molecular flexibility index (Phi) is 4.91. The number of carbonyl (C=O) groups is 1. The molecule has 2 N–H and O–H groups in total. The van der Waals surface area contributed by atoms with Crippen molar-refractivity contribution in [1.29, 1.82) is 0 Å². The summed E-state index contributed by atoms with van der Waals surface area (Å²) >= 11 is 0. The summed E-state index contributed by atoms with van der Waals surface area (Å²) in [5.41, 5.74) is -0.106. The topological polar surface area (TPSA) is 131 Å². The maximum Gasteiger partial charge on any atom is 0.287 e. The number of nitro groups is 1. The normalized spacial score (nSPS) is 19.5. The minimum Gasteiger partial charge on any atom is -0.370 e. The fraction of sp³-hybridized carbons (Fsp3) is 0.500. The molecular weight excluding hydrogens is 312 g/mol. The molecule has 1 amide bonds. The summed E-state index contributed by atoms with van der Waals surface area (Å²) in [7, 11) is -3.01. The molecule has 10 heteroatoms. The summed E-state index contributed by atoms with van der Waals surface area (Å²) in [6, 6.07) is 2.47. The highest BCUT2D eigenvalue weighted by Gasteiger charge is 2.28. The third-order valence-electron chi connectivity index (χ3n) is 3.21. The summed E-state index contributed by atoms with van der Waals surface area (Å²) < 4.78 is 22.6. The van der Waals surface area contributed by atoms with Gasteiger partial charge in [-0.2, -0.15) is 0 Å². The van der Waals surface area contributed by atoms with Crippen LogP contribution in [0.5, 0.6) is 0 Å². The van der Waals surface area contributed by atoms with Gasteiger partial charge in [0.15, 0.2) is 9.84 Å². The van der Waals surface area contributed by atoms with E-state index in [1.54, 1.807) is 0 Å². The van der Waals surface area contributed by atoms with Crippen molar-refractivity contribution in [3.8, 4) is 0 Å². The molecule has 9 nitrogen and oxygen atoms in total. The van der Waals surface area contributed by atoms with E-state index < -0.39 is 14.8 Å². The molecule has 0 aromatic carbocycles. The summed E-state index contributed by atoms with van der Waals surface area (Å²) in [6.07, 6.45) is 1.74. The number of amides is 1. The Morgan fingerprint density at radius 1 is 1.45 bits per heavy atom. The van der Waals surface area contributed by atoms with Crippen LogP contribution in [0, 0.1) is 10.1 Å². The molecule has 1 aliphatic heterocycles. The average molecular weight is 328 g/mol. The van der Waals surface area contributed by atoms with Gasteiger partial charge in [0.2, 0.25) is 5.91 Å². The maximum absolute atomic E-state index is 11.7. The molecule has 0 aliphatic carbocycles. The molecule has 1 atom stereocenters. The lowest BCUT2D eigenvalue weighted by Gasteiger charge is -2.11. The van der Waals surface area contributed by atoms with Gasteiger partial charge in [-0.15, -0.1) is 0 Å². The number of nitrogens with zero attached hydrogens (tertiary/aromatic N) is 2. The van der Waals surface area contributed by atoms with Crippen LogP contribution in [-0.2, 0) is 14.6 Å². The van der Waals surface area contributed by atoms with Crippen molar-refractivity contribution < 1.29 is 18.1 Å². The zero-order valence-electron chi connectivity index (χ0n) is 11.7. The number of hydrogen-bond donors (Lipinski definition) is 2. The van der Waals surface area contributed by atoms with Gasteiger partial charge in [0.25, 0.3) is 5.69 Å². The highest BCUT2D eigenvalue weighted by Crippen LogP contribution is 2.12. The third-order valence-corrected chi connectivity index (χ3v) is 4.98. The average Bonchev–Trinajstić information content (AvgIpc) is 2.78. The fourth-order valence-electron chi connectivity index (χ4n) is 2.11. The van der Waals surface area contributed by atoms with Gasteiger partial charge >= 0.3 is 0 Å². The number of hydrogen-bond acceptors (Lipinski definition) is 7. The molecule has 2 rings (SSSR count). The molecule has 0 bridgehead atoms. The highest BCUT2D eigenvalue weighted by atomic mass is 32.2. The predicted octanol–water partition coefficient (Wildman–Crippen LogP) is 0.0951. The predicted molar refractivity (Wildman–Crippen MR) is 79.2 cm³/mol. The third kappa shape index (κ3) is 4.65.